The number of rotatable bonds is 3. The summed E-state index contributed by atoms with van der Waals surface area (Å²) in [7, 11) is 1.84. The third kappa shape index (κ3) is 2.17. The van der Waals surface area contributed by atoms with E-state index in [9.17, 15) is 0 Å². The van der Waals surface area contributed by atoms with E-state index in [2.05, 4.69) is 15.3 Å². The molecule has 2 aromatic rings. The van der Waals surface area contributed by atoms with Gasteiger partial charge in [0.25, 0.3) is 0 Å². The molecule has 0 radical (unpaired) electrons. The van der Waals surface area contributed by atoms with Gasteiger partial charge >= 0.3 is 0 Å². The molecule has 0 spiro atoms. The molecule has 0 atom stereocenters. The van der Waals surface area contributed by atoms with Crippen molar-refractivity contribution in [2.45, 2.75) is 13.5 Å². The van der Waals surface area contributed by atoms with Crippen LogP contribution in [0.15, 0.2) is 24.5 Å². The van der Waals surface area contributed by atoms with Gasteiger partial charge in [-0.05, 0) is 19.1 Å². The minimum absolute atomic E-state index is 0.639. The molecule has 1 N–H and O–H groups in total. The molecule has 0 amide bonds. The molecule has 16 heavy (non-hydrogen) atoms. The molecule has 0 aliphatic heterocycles. The lowest BCUT2D eigenvalue weighted by molar-refractivity contribution is 0.743. The first-order valence-corrected chi connectivity index (χ1v) is 5.39. The van der Waals surface area contributed by atoms with Crippen molar-refractivity contribution in [3.8, 4) is 0 Å². The SMILES string of the molecule is CNc1ccc(Cl)c(Cn2ccnc2C)n1. The van der Waals surface area contributed by atoms with E-state index < -0.39 is 0 Å². The van der Waals surface area contributed by atoms with Gasteiger partial charge in [-0.25, -0.2) is 9.97 Å². The van der Waals surface area contributed by atoms with E-state index in [1.165, 1.54) is 0 Å². The van der Waals surface area contributed by atoms with Gasteiger partial charge in [-0.15, -0.1) is 0 Å². The zero-order chi connectivity index (χ0) is 11.5. The quantitative estimate of drug-likeness (QED) is 0.890. The van der Waals surface area contributed by atoms with Crippen LogP contribution in [0.1, 0.15) is 11.5 Å². The first kappa shape index (κ1) is 11.0. The summed E-state index contributed by atoms with van der Waals surface area (Å²) in [6.45, 7) is 2.59. The van der Waals surface area contributed by atoms with Gasteiger partial charge in [0.05, 0.1) is 17.3 Å². The van der Waals surface area contributed by atoms with Crippen LogP contribution in [0, 0.1) is 6.92 Å². The number of hydrogen-bond acceptors (Lipinski definition) is 3. The van der Waals surface area contributed by atoms with Crippen molar-refractivity contribution in [1.29, 1.82) is 0 Å². The predicted molar refractivity (Wildman–Crippen MR) is 64.9 cm³/mol. The van der Waals surface area contributed by atoms with Gasteiger partial charge < -0.3 is 9.88 Å². The van der Waals surface area contributed by atoms with E-state index in [1.54, 1.807) is 6.20 Å². The molecule has 0 saturated carbocycles. The van der Waals surface area contributed by atoms with Crippen LogP contribution in [-0.2, 0) is 6.54 Å². The van der Waals surface area contributed by atoms with Crippen molar-refractivity contribution < 1.29 is 0 Å². The number of aryl methyl sites for hydroxylation is 1. The van der Waals surface area contributed by atoms with Crippen molar-refractivity contribution in [3.05, 3.63) is 41.1 Å². The van der Waals surface area contributed by atoms with Crippen LogP contribution in [0.2, 0.25) is 5.02 Å². The topological polar surface area (TPSA) is 42.7 Å². The van der Waals surface area contributed by atoms with Crippen molar-refractivity contribution >= 4 is 17.4 Å². The number of nitrogens with zero attached hydrogens (tertiary/aromatic N) is 3. The minimum Gasteiger partial charge on any atom is -0.373 e. The number of aromatic nitrogens is 3. The summed E-state index contributed by atoms with van der Waals surface area (Å²) < 4.78 is 2.01. The fourth-order valence-corrected chi connectivity index (χ4v) is 1.63. The summed E-state index contributed by atoms with van der Waals surface area (Å²) in [5.74, 6) is 1.77. The molecule has 0 bridgehead atoms. The van der Waals surface area contributed by atoms with Crippen molar-refractivity contribution in [1.82, 2.24) is 14.5 Å². The van der Waals surface area contributed by atoms with Crippen molar-refractivity contribution in [2.75, 3.05) is 12.4 Å². The molecular weight excluding hydrogens is 224 g/mol. The molecule has 0 unspecified atom stereocenters. The highest BCUT2D eigenvalue weighted by Gasteiger charge is 2.05. The molecule has 0 saturated heterocycles. The number of pyridine rings is 1. The molecule has 0 aliphatic carbocycles. The molecule has 4 nitrogen and oxygen atoms in total. The van der Waals surface area contributed by atoms with Gasteiger partial charge in [-0.2, -0.15) is 0 Å². The van der Waals surface area contributed by atoms with Crippen molar-refractivity contribution in [2.24, 2.45) is 0 Å². The lowest BCUT2D eigenvalue weighted by Crippen LogP contribution is -2.05. The molecule has 2 rings (SSSR count). The first-order valence-electron chi connectivity index (χ1n) is 5.01. The largest absolute Gasteiger partial charge is 0.373 e. The number of imidazole rings is 1. The van der Waals surface area contributed by atoms with Crippen LogP contribution in [0.5, 0.6) is 0 Å². The second-order valence-electron chi connectivity index (χ2n) is 3.48. The van der Waals surface area contributed by atoms with Crippen LogP contribution in [0.3, 0.4) is 0 Å². The van der Waals surface area contributed by atoms with Gasteiger partial charge in [0.15, 0.2) is 0 Å². The smallest absolute Gasteiger partial charge is 0.126 e. The van der Waals surface area contributed by atoms with Crippen molar-refractivity contribution in [3.63, 3.8) is 0 Å². The van der Waals surface area contributed by atoms with Gasteiger partial charge in [-0.3, -0.25) is 0 Å². The fourth-order valence-electron chi connectivity index (χ4n) is 1.47. The van der Waals surface area contributed by atoms with Gasteiger partial charge in [0, 0.05) is 19.4 Å². The lowest BCUT2D eigenvalue weighted by atomic mass is 10.3. The lowest BCUT2D eigenvalue weighted by Gasteiger charge is -2.08. The monoisotopic (exact) mass is 236 g/mol. The minimum atomic E-state index is 0.639. The molecule has 2 aromatic heterocycles. The molecule has 0 aromatic carbocycles. The number of hydrogen-bond donors (Lipinski definition) is 1. The van der Waals surface area contributed by atoms with E-state index in [0.29, 0.717) is 11.6 Å². The summed E-state index contributed by atoms with van der Waals surface area (Å²) in [6.07, 6.45) is 3.69. The second-order valence-corrected chi connectivity index (χ2v) is 3.88. The third-order valence-electron chi connectivity index (χ3n) is 2.42. The van der Waals surface area contributed by atoms with E-state index in [4.69, 9.17) is 11.6 Å². The van der Waals surface area contributed by atoms with Gasteiger partial charge in [0.2, 0.25) is 0 Å². The van der Waals surface area contributed by atoms with Crippen LogP contribution in [0.4, 0.5) is 5.82 Å². The van der Waals surface area contributed by atoms with E-state index in [-0.39, 0.29) is 0 Å². The molecule has 0 aliphatic rings. The third-order valence-corrected chi connectivity index (χ3v) is 2.76. The maximum atomic E-state index is 6.10. The van der Waals surface area contributed by atoms with E-state index >= 15 is 0 Å². The fraction of sp³-hybridized carbons (Fsp3) is 0.273. The van der Waals surface area contributed by atoms with E-state index in [1.807, 2.05) is 36.9 Å². The average molecular weight is 237 g/mol. The predicted octanol–water partition coefficient (Wildman–Crippen LogP) is 2.33. The Hall–Kier alpha value is -1.55. The summed E-state index contributed by atoms with van der Waals surface area (Å²) >= 11 is 6.10. The average Bonchev–Trinajstić information content (AvgIpc) is 2.68. The van der Waals surface area contributed by atoms with Crippen LogP contribution < -0.4 is 5.32 Å². The van der Waals surface area contributed by atoms with Gasteiger partial charge in [-0.1, -0.05) is 11.6 Å². The molecular formula is C11H13ClN4. The Balaban J connectivity index is 2.30. The zero-order valence-electron chi connectivity index (χ0n) is 9.24. The Labute approximate surface area is 99.3 Å². The summed E-state index contributed by atoms with van der Waals surface area (Å²) in [4.78, 5) is 8.58. The van der Waals surface area contributed by atoms with Crippen LogP contribution in [-0.4, -0.2) is 21.6 Å². The maximum absolute atomic E-state index is 6.10. The van der Waals surface area contributed by atoms with Gasteiger partial charge in [0.1, 0.15) is 11.6 Å². The number of halogens is 1. The molecule has 0 fully saturated rings. The molecule has 2 heterocycles. The Morgan fingerprint density at radius 3 is 2.88 bits per heavy atom. The van der Waals surface area contributed by atoms with E-state index in [0.717, 1.165) is 17.3 Å². The Morgan fingerprint density at radius 1 is 1.44 bits per heavy atom. The normalized spacial score (nSPS) is 10.4. The maximum Gasteiger partial charge on any atom is 0.126 e. The summed E-state index contributed by atoms with van der Waals surface area (Å²) in [6, 6.07) is 3.70. The van der Waals surface area contributed by atoms with Crippen LogP contribution in [0.25, 0.3) is 0 Å². The second kappa shape index (κ2) is 4.53. The molecule has 84 valence electrons. The highest BCUT2D eigenvalue weighted by atomic mass is 35.5. The van der Waals surface area contributed by atoms with Crippen LogP contribution >= 0.6 is 11.6 Å². The zero-order valence-corrected chi connectivity index (χ0v) is 9.99. The highest BCUT2D eigenvalue weighted by Crippen LogP contribution is 2.17. The number of nitrogens with one attached hydrogen (secondary N) is 1. The summed E-state index contributed by atoms with van der Waals surface area (Å²) in [5, 5.41) is 3.67. The standard InChI is InChI=1S/C11H13ClN4/c1-8-14-5-6-16(8)7-10-9(12)3-4-11(13-2)15-10/h3-6H,7H2,1-2H3,(H,13,15). The Kier molecular flexibility index (Phi) is 3.10. The highest BCUT2D eigenvalue weighted by molar-refractivity contribution is 6.31. The Morgan fingerprint density at radius 2 is 2.25 bits per heavy atom. The summed E-state index contributed by atoms with van der Waals surface area (Å²) in [5.41, 5.74) is 0.842. The Bertz CT molecular complexity index is 492. The number of anilines is 1. The first-order chi connectivity index (χ1) is 7.70. The molecule has 5 heteroatoms.